The van der Waals surface area contributed by atoms with Gasteiger partial charge < -0.3 is 9.84 Å². The van der Waals surface area contributed by atoms with Crippen LogP contribution in [0, 0.1) is 5.82 Å². The Bertz CT molecular complexity index is 596. The summed E-state index contributed by atoms with van der Waals surface area (Å²) in [4.78, 5) is 14.6. The number of aryl methyl sites for hydroxylation is 1. The lowest BCUT2D eigenvalue weighted by Gasteiger charge is -2.08. The number of rotatable bonds is 4. The predicted molar refractivity (Wildman–Crippen MR) is 67.0 cm³/mol. The van der Waals surface area contributed by atoms with Crippen LogP contribution in [0.25, 0.3) is 0 Å². The van der Waals surface area contributed by atoms with E-state index in [1.807, 2.05) is 19.1 Å². The van der Waals surface area contributed by atoms with Crippen molar-refractivity contribution in [2.45, 2.75) is 13.3 Å². The topological polar surface area (TPSA) is 59.4 Å². The van der Waals surface area contributed by atoms with Gasteiger partial charge in [0.15, 0.2) is 0 Å². The number of ether oxygens (including phenoxy) is 1. The van der Waals surface area contributed by atoms with Crippen molar-refractivity contribution in [1.29, 1.82) is 0 Å². The molecule has 0 aliphatic heterocycles. The molecule has 0 saturated carbocycles. The molecule has 19 heavy (non-hydrogen) atoms. The Morgan fingerprint density at radius 1 is 1.37 bits per heavy atom. The van der Waals surface area contributed by atoms with Crippen molar-refractivity contribution in [3.8, 4) is 11.6 Å². The zero-order valence-electron chi connectivity index (χ0n) is 10.3. The molecule has 2 aromatic rings. The Labute approximate surface area is 109 Å². The summed E-state index contributed by atoms with van der Waals surface area (Å²) < 4.78 is 18.3. The molecule has 0 spiro atoms. The number of aromatic nitrogens is 1. The number of carboxylic acid groups (broad SMARTS) is 1. The molecule has 0 aliphatic carbocycles. The molecule has 0 amide bonds. The predicted octanol–water partition coefficient (Wildman–Crippen LogP) is 3.27. The highest BCUT2D eigenvalue weighted by Gasteiger charge is 2.14. The van der Waals surface area contributed by atoms with Gasteiger partial charge >= 0.3 is 5.97 Å². The molecule has 1 N–H and O–H groups in total. The van der Waals surface area contributed by atoms with Crippen molar-refractivity contribution >= 4 is 5.97 Å². The first-order valence-electron chi connectivity index (χ1n) is 5.75. The van der Waals surface area contributed by atoms with Gasteiger partial charge in [-0.2, -0.15) is 0 Å². The molecule has 0 unspecified atom stereocenters. The zero-order valence-corrected chi connectivity index (χ0v) is 10.3. The molecular weight excluding hydrogens is 249 g/mol. The van der Waals surface area contributed by atoms with E-state index >= 15 is 0 Å². The fourth-order valence-electron chi connectivity index (χ4n) is 1.57. The first kappa shape index (κ1) is 13.0. The largest absolute Gasteiger partial charge is 0.477 e. The Morgan fingerprint density at radius 3 is 2.63 bits per heavy atom. The average Bonchev–Trinajstić information content (AvgIpc) is 2.41. The third-order valence-corrected chi connectivity index (χ3v) is 2.59. The van der Waals surface area contributed by atoms with Crippen molar-refractivity contribution < 1.29 is 19.0 Å². The van der Waals surface area contributed by atoms with Crippen molar-refractivity contribution in [3.63, 3.8) is 0 Å². The molecule has 1 aromatic carbocycles. The summed E-state index contributed by atoms with van der Waals surface area (Å²) in [6.07, 6.45) is 1.82. The standard InChI is InChI=1S/C14H12FNO3/c1-2-9-3-5-11(6-4-9)19-13-12(14(17)18)7-10(15)8-16-13/h3-8H,2H2,1H3,(H,17,18). The van der Waals surface area contributed by atoms with Crippen LogP contribution >= 0.6 is 0 Å². The van der Waals surface area contributed by atoms with Gasteiger partial charge in [0.2, 0.25) is 5.88 Å². The maximum atomic E-state index is 13.0. The van der Waals surface area contributed by atoms with Crippen LogP contribution in [0.15, 0.2) is 36.5 Å². The van der Waals surface area contributed by atoms with Crippen LogP contribution < -0.4 is 4.74 Å². The Balaban J connectivity index is 2.29. The van der Waals surface area contributed by atoms with E-state index < -0.39 is 11.8 Å². The van der Waals surface area contributed by atoms with E-state index in [2.05, 4.69) is 4.98 Å². The molecule has 0 radical (unpaired) electrons. The molecule has 0 atom stereocenters. The summed E-state index contributed by atoms with van der Waals surface area (Å²) in [6.45, 7) is 2.03. The van der Waals surface area contributed by atoms with Gasteiger partial charge in [0.25, 0.3) is 0 Å². The molecule has 2 rings (SSSR count). The minimum absolute atomic E-state index is 0.127. The number of aromatic carboxylic acids is 1. The van der Waals surface area contributed by atoms with Gasteiger partial charge in [0.1, 0.15) is 17.1 Å². The summed E-state index contributed by atoms with van der Waals surface area (Å²) in [5, 5.41) is 8.96. The summed E-state index contributed by atoms with van der Waals surface area (Å²) in [6, 6.07) is 8.06. The maximum absolute atomic E-state index is 13.0. The number of nitrogens with zero attached hydrogens (tertiary/aromatic N) is 1. The van der Waals surface area contributed by atoms with Crippen LogP contribution in [-0.4, -0.2) is 16.1 Å². The monoisotopic (exact) mass is 261 g/mol. The van der Waals surface area contributed by atoms with E-state index in [1.54, 1.807) is 12.1 Å². The molecule has 0 saturated heterocycles. The number of carbonyl (C=O) groups is 1. The highest BCUT2D eigenvalue weighted by Crippen LogP contribution is 2.24. The number of pyridine rings is 1. The minimum atomic E-state index is -1.29. The smallest absolute Gasteiger partial charge is 0.341 e. The van der Waals surface area contributed by atoms with Crippen LogP contribution in [0.5, 0.6) is 11.6 Å². The van der Waals surface area contributed by atoms with Gasteiger partial charge in [-0.25, -0.2) is 14.2 Å². The number of hydrogen-bond donors (Lipinski definition) is 1. The van der Waals surface area contributed by atoms with E-state index in [-0.39, 0.29) is 11.4 Å². The highest BCUT2D eigenvalue weighted by molar-refractivity contribution is 5.90. The summed E-state index contributed by atoms with van der Waals surface area (Å²) in [5.41, 5.74) is 0.831. The lowest BCUT2D eigenvalue weighted by atomic mass is 10.2. The van der Waals surface area contributed by atoms with Crippen LogP contribution in [0.1, 0.15) is 22.8 Å². The average molecular weight is 261 g/mol. The molecule has 4 nitrogen and oxygen atoms in total. The van der Waals surface area contributed by atoms with E-state index in [0.29, 0.717) is 5.75 Å². The van der Waals surface area contributed by atoms with Crippen molar-refractivity contribution in [3.05, 3.63) is 53.5 Å². The van der Waals surface area contributed by atoms with Gasteiger partial charge in [0.05, 0.1) is 6.20 Å². The normalized spacial score (nSPS) is 10.2. The fraction of sp³-hybridized carbons (Fsp3) is 0.143. The number of carboxylic acids is 1. The molecule has 0 bridgehead atoms. The maximum Gasteiger partial charge on any atom is 0.341 e. The Hall–Kier alpha value is -2.43. The van der Waals surface area contributed by atoms with Crippen LogP contribution in [0.4, 0.5) is 4.39 Å². The zero-order chi connectivity index (χ0) is 13.8. The molecule has 0 fully saturated rings. The third kappa shape index (κ3) is 3.07. The molecule has 98 valence electrons. The number of hydrogen-bond acceptors (Lipinski definition) is 3. The van der Waals surface area contributed by atoms with Crippen LogP contribution in [0.2, 0.25) is 0 Å². The van der Waals surface area contributed by atoms with Crippen LogP contribution in [-0.2, 0) is 6.42 Å². The second-order valence-corrected chi connectivity index (χ2v) is 3.91. The quantitative estimate of drug-likeness (QED) is 0.917. The van der Waals surface area contributed by atoms with E-state index in [1.165, 1.54) is 0 Å². The first-order chi connectivity index (χ1) is 9.10. The van der Waals surface area contributed by atoms with Gasteiger partial charge in [-0.1, -0.05) is 19.1 Å². The first-order valence-corrected chi connectivity index (χ1v) is 5.75. The van der Waals surface area contributed by atoms with E-state index in [9.17, 15) is 9.18 Å². The van der Waals surface area contributed by atoms with Gasteiger partial charge in [-0.05, 0) is 30.2 Å². The SMILES string of the molecule is CCc1ccc(Oc2ncc(F)cc2C(=O)O)cc1. The highest BCUT2D eigenvalue weighted by atomic mass is 19.1. The molecule has 1 aromatic heterocycles. The van der Waals surface area contributed by atoms with Crippen molar-refractivity contribution in [2.24, 2.45) is 0 Å². The molecule has 0 aliphatic rings. The number of halogens is 1. The summed E-state index contributed by atoms with van der Waals surface area (Å²) in [5.74, 6) is -1.67. The molecular formula is C14H12FNO3. The van der Waals surface area contributed by atoms with E-state index in [4.69, 9.17) is 9.84 Å². The Kier molecular flexibility index (Phi) is 3.75. The van der Waals surface area contributed by atoms with Gasteiger partial charge in [0, 0.05) is 0 Å². The summed E-state index contributed by atoms with van der Waals surface area (Å²) in [7, 11) is 0. The lowest BCUT2D eigenvalue weighted by Crippen LogP contribution is -2.03. The lowest BCUT2D eigenvalue weighted by molar-refractivity contribution is 0.0692. The third-order valence-electron chi connectivity index (χ3n) is 2.59. The van der Waals surface area contributed by atoms with E-state index in [0.717, 1.165) is 24.2 Å². The second-order valence-electron chi connectivity index (χ2n) is 3.91. The minimum Gasteiger partial charge on any atom is -0.477 e. The second kappa shape index (κ2) is 5.48. The van der Waals surface area contributed by atoms with Gasteiger partial charge in [-0.15, -0.1) is 0 Å². The van der Waals surface area contributed by atoms with Gasteiger partial charge in [-0.3, -0.25) is 0 Å². The fourth-order valence-corrected chi connectivity index (χ4v) is 1.57. The molecule has 5 heteroatoms. The van der Waals surface area contributed by atoms with Crippen molar-refractivity contribution in [1.82, 2.24) is 4.98 Å². The van der Waals surface area contributed by atoms with Crippen LogP contribution in [0.3, 0.4) is 0 Å². The Morgan fingerprint density at radius 2 is 2.05 bits per heavy atom. The van der Waals surface area contributed by atoms with Crippen molar-refractivity contribution in [2.75, 3.05) is 0 Å². The molecule has 1 heterocycles. The number of benzene rings is 1. The summed E-state index contributed by atoms with van der Waals surface area (Å²) >= 11 is 0.